The normalized spacial score (nSPS) is 14.1. The Morgan fingerprint density at radius 1 is 0.903 bits per heavy atom. The van der Waals surface area contributed by atoms with Gasteiger partial charge in [-0.2, -0.15) is 4.98 Å². The molecule has 0 amide bonds. The highest BCUT2D eigenvalue weighted by Gasteiger charge is 2.24. The smallest absolute Gasteiger partial charge is 0.261 e. The van der Waals surface area contributed by atoms with Gasteiger partial charge in [-0.15, -0.1) is 0 Å². The number of para-hydroxylation sites is 1. The van der Waals surface area contributed by atoms with E-state index >= 15 is 0 Å². The van der Waals surface area contributed by atoms with Crippen molar-refractivity contribution < 1.29 is 8.91 Å². The molecule has 4 aromatic rings. The molecule has 1 fully saturated rings. The Hall–Kier alpha value is -3.74. The van der Waals surface area contributed by atoms with Crippen molar-refractivity contribution >= 4 is 11.5 Å². The monoisotopic (exact) mass is 415 g/mol. The lowest BCUT2D eigenvalue weighted by Crippen LogP contribution is -2.47. The quantitative estimate of drug-likeness (QED) is 0.487. The Morgan fingerprint density at radius 2 is 1.71 bits per heavy atom. The number of halogens is 1. The van der Waals surface area contributed by atoms with Gasteiger partial charge >= 0.3 is 0 Å². The van der Waals surface area contributed by atoms with Crippen LogP contribution in [0.5, 0.6) is 0 Å². The molecule has 31 heavy (non-hydrogen) atoms. The third kappa shape index (κ3) is 3.86. The maximum absolute atomic E-state index is 14.2. The Bertz CT molecular complexity index is 1200. The van der Waals surface area contributed by atoms with Gasteiger partial charge in [-0.25, -0.2) is 9.37 Å². The van der Waals surface area contributed by atoms with Crippen LogP contribution in [0.4, 0.5) is 15.9 Å². The number of hydrogen-bond donors (Lipinski definition) is 0. The Morgan fingerprint density at radius 3 is 2.52 bits per heavy atom. The maximum atomic E-state index is 14.2. The molecule has 156 valence electrons. The maximum Gasteiger partial charge on any atom is 0.261 e. The van der Waals surface area contributed by atoms with E-state index in [4.69, 9.17) is 4.52 Å². The molecule has 3 heterocycles. The number of aromatic nitrogens is 3. The van der Waals surface area contributed by atoms with Crippen molar-refractivity contribution in [3.63, 3.8) is 0 Å². The number of anilines is 2. The fourth-order valence-electron chi connectivity index (χ4n) is 3.92. The van der Waals surface area contributed by atoms with Gasteiger partial charge in [-0.3, -0.25) is 0 Å². The number of benzene rings is 2. The molecular formula is C24H22FN5O. The number of hydrogen-bond acceptors (Lipinski definition) is 6. The first-order valence-corrected chi connectivity index (χ1v) is 10.3. The van der Waals surface area contributed by atoms with Crippen molar-refractivity contribution in [1.29, 1.82) is 0 Å². The Balaban J connectivity index is 1.38. The molecule has 6 nitrogen and oxygen atoms in total. The summed E-state index contributed by atoms with van der Waals surface area (Å²) in [6, 6.07) is 18.7. The van der Waals surface area contributed by atoms with E-state index in [1.54, 1.807) is 12.3 Å². The van der Waals surface area contributed by atoms with Gasteiger partial charge in [0.25, 0.3) is 5.89 Å². The van der Waals surface area contributed by atoms with Crippen LogP contribution in [0.1, 0.15) is 5.56 Å². The van der Waals surface area contributed by atoms with Crippen molar-refractivity contribution in [1.82, 2.24) is 15.1 Å². The SMILES string of the molecule is Cc1cccc(-c2noc(-c3cccnc3N3CCN(c4ccccc4F)CC3)n2)c1. The minimum absolute atomic E-state index is 0.191. The second kappa shape index (κ2) is 8.18. The standard InChI is InChI=1S/C24H22FN5O/c1-17-6-4-7-18(16-17)22-27-24(31-28-22)19-8-5-11-26-23(19)30-14-12-29(13-15-30)21-10-3-2-9-20(21)25/h2-11,16H,12-15H2,1H3. The molecule has 0 aliphatic carbocycles. The first kappa shape index (κ1) is 19.2. The summed E-state index contributed by atoms with van der Waals surface area (Å²) in [5, 5.41) is 4.17. The first-order valence-electron chi connectivity index (χ1n) is 10.3. The summed E-state index contributed by atoms with van der Waals surface area (Å²) in [5.74, 6) is 1.60. The Kier molecular flexibility index (Phi) is 5.08. The van der Waals surface area contributed by atoms with Gasteiger partial charge in [-0.1, -0.05) is 41.1 Å². The predicted octanol–water partition coefficient (Wildman–Crippen LogP) is 4.57. The molecule has 2 aromatic carbocycles. The summed E-state index contributed by atoms with van der Waals surface area (Å²) in [6.07, 6.45) is 1.76. The molecule has 0 N–H and O–H groups in total. The lowest BCUT2D eigenvalue weighted by atomic mass is 10.1. The summed E-state index contributed by atoms with van der Waals surface area (Å²) in [7, 11) is 0. The highest BCUT2D eigenvalue weighted by molar-refractivity contribution is 5.71. The van der Waals surface area contributed by atoms with E-state index in [9.17, 15) is 4.39 Å². The molecule has 7 heteroatoms. The molecule has 0 radical (unpaired) electrons. The molecule has 5 rings (SSSR count). The van der Waals surface area contributed by atoms with Crippen LogP contribution in [-0.4, -0.2) is 41.3 Å². The van der Waals surface area contributed by atoms with Crippen LogP contribution in [0.25, 0.3) is 22.8 Å². The third-order valence-electron chi connectivity index (χ3n) is 5.49. The number of aryl methyl sites for hydroxylation is 1. The third-order valence-corrected chi connectivity index (χ3v) is 5.49. The van der Waals surface area contributed by atoms with Crippen LogP contribution < -0.4 is 9.80 Å². The summed E-state index contributed by atoms with van der Waals surface area (Å²) in [4.78, 5) is 13.5. The molecule has 0 atom stereocenters. The van der Waals surface area contributed by atoms with E-state index < -0.39 is 0 Å². The molecule has 0 spiro atoms. The van der Waals surface area contributed by atoms with Crippen LogP contribution in [0.2, 0.25) is 0 Å². The molecule has 0 unspecified atom stereocenters. The van der Waals surface area contributed by atoms with E-state index in [0.717, 1.165) is 35.6 Å². The van der Waals surface area contributed by atoms with Gasteiger partial charge in [0.1, 0.15) is 11.6 Å². The summed E-state index contributed by atoms with van der Waals surface area (Å²) in [6.45, 7) is 4.88. The zero-order chi connectivity index (χ0) is 21.2. The second-order valence-corrected chi connectivity index (χ2v) is 7.59. The molecule has 1 aliphatic rings. The molecule has 2 aromatic heterocycles. The summed E-state index contributed by atoms with van der Waals surface area (Å²) >= 11 is 0. The number of pyridine rings is 1. The fraction of sp³-hybridized carbons (Fsp3) is 0.208. The van der Waals surface area contributed by atoms with Gasteiger partial charge in [0.15, 0.2) is 0 Å². The first-order chi connectivity index (χ1) is 15.2. The highest BCUT2D eigenvalue weighted by Crippen LogP contribution is 2.31. The van der Waals surface area contributed by atoms with Gasteiger partial charge in [0.05, 0.1) is 11.3 Å². The van der Waals surface area contributed by atoms with E-state index in [0.29, 0.717) is 30.5 Å². The van der Waals surface area contributed by atoms with E-state index in [1.165, 1.54) is 6.07 Å². The summed E-state index contributed by atoms with van der Waals surface area (Å²) in [5.41, 5.74) is 3.49. The fourth-order valence-corrected chi connectivity index (χ4v) is 3.92. The number of rotatable bonds is 4. The Labute approximate surface area is 180 Å². The van der Waals surface area contributed by atoms with Crippen molar-refractivity contribution in [2.24, 2.45) is 0 Å². The van der Waals surface area contributed by atoms with Crippen molar-refractivity contribution in [3.05, 3.63) is 78.2 Å². The average Bonchev–Trinajstić information content (AvgIpc) is 3.30. The molecule has 0 saturated carbocycles. The summed E-state index contributed by atoms with van der Waals surface area (Å²) < 4.78 is 19.7. The van der Waals surface area contributed by atoms with E-state index in [2.05, 4.69) is 24.9 Å². The largest absolute Gasteiger partial charge is 0.366 e. The minimum Gasteiger partial charge on any atom is -0.366 e. The number of piperazine rings is 1. The highest BCUT2D eigenvalue weighted by atomic mass is 19.1. The van der Waals surface area contributed by atoms with Crippen LogP contribution >= 0.6 is 0 Å². The molecular weight excluding hydrogens is 393 g/mol. The van der Waals surface area contributed by atoms with Gasteiger partial charge in [0.2, 0.25) is 5.82 Å². The number of nitrogens with zero attached hydrogens (tertiary/aromatic N) is 5. The van der Waals surface area contributed by atoms with E-state index in [1.807, 2.05) is 55.5 Å². The molecule has 1 aliphatic heterocycles. The van der Waals surface area contributed by atoms with Gasteiger partial charge in [-0.05, 0) is 37.3 Å². The van der Waals surface area contributed by atoms with E-state index in [-0.39, 0.29) is 5.82 Å². The minimum atomic E-state index is -0.191. The van der Waals surface area contributed by atoms with Crippen LogP contribution in [0.3, 0.4) is 0 Å². The lowest BCUT2D eigenvalue weighted by molar-refractivity contribution is 0.432. The zero-order valence-corrected chi connectivity index (χ0v) is 17.2. The van der Waals surface area contributed by atoms with Gasteiger partial charge < -0.3 is 14.3 Å². The van der Waals surface area contributed by atoms with Crippen LogP contribution in [0.15, 0.2) is 71.4 Å². The van der Waals surface area contributed by atoms with Crippen molar-refractivity contribution in [2.75, 3.05) is 36.0 Å². The van der Waals surface area contributed by atoms with Crippen LogP contribution in [0, 0.1) is 12.7 Å². The predicted molar refractivity (Wildman–Crippen MR) is 119 cm³/mol. The van der Waals surface area contributed by atoms with Crippen LogP contribution in [-0.2, 0) is 0 Å². The zero-order valence-electron chi connectivity index (χ0n) is 17.2. The molecule has 1 saturated heterocycles. The topological polar surface area (TPSA) is 58.3 Å². The van der Waals surface area contributed by atoms with Gasteiger partial charge in [0, 0.05) is 37.9 Å². The lowest BCUT2D eigenvalue weighted by Gasteiger charge is -2.37. The average molecular weight is 415 g/mol. The van der Waals surface area contributed by atoms with Crippen molar-refractivity contribution in [3.8, 4) is 22.8 Å². The molecule has 0 bridgehead atoms. The van der Waals surface area contributed by atoms with Crippen molar-refractivity contribution in [2.45, 2.75) is 6.92 Å². The second-order valence-electron chi connectivity index (χ2n) is 7.59.